The van der Waals surface area contributed by atoms with Crippen LogP contribution in [0, 0.1) is 5.82 Å². The van der Waals surface area contributed by atoms with Gasteiger partial charge in [0.05, 0.1) is 5.69 Å². The van der Waals surface area contributed by atoms with Gasteiger partial charge in [0.15, 0.2) is 6.10 Å². The van der Waals surface area contributed by atoms with Gasteiger partial charge < -0.3 is 15.3 Å². The fourth-order valence-corrected chi connectivity index (χ4v) is 2.56. The molecule has 19 heavy (non-hydrogen) atoms. The van der Waals surface area contributed by atoms with Crippen molar-refractivity contribution in [1.29, 1.82) is 0 Å². The molecule has 0 aromatic heterocycles. The van der Waals surface area contributed by atoms with Crippen LogP contribution in [0.1, 0.15) is 38.4 Å². The first kappa shape index (κ1) is 13.8. The summed E-state index contributed by atoms with van der Waals surface area (Å²) in [7, 11) is 1.84. The number of nitrogens with zero attached hydrogens (tertiary/aromatic N) is 1. The third kappa shape index (κ3) is 2.30. The largest absolute Gasteiger partial charge is 0.378 e. The van der Waals surface area contributed by atoms with Crippen molar-refractivity contribution in [1.82, 2.24) is 0 Å². The van der Waals surface area contributed by atoms with Gasteiger partial charge in [-0.05, 0) is 25.0 Å². The first-order chi connectivity index (χ1) is 8.99. The lowest BCUT2D eigenvalue weighted by Gasteiger charge is -2.29. The van der Waals surface area contributed by atoms with Gasteiger partial charge in [-0.3, -0.25) is 4.79 Å². The summed E-state index contributed by atoms with van der Waals surface area (Å²) in [5.41, 5.74) is 1.25. The van der Waals surface area contributed by atoms with Crippen LogP contribution in [0.4, 0.5) is 15.8 Å². The Hall–Kier alpha value is -1.62. The third-order valence-corrected chi connectivity index (χ3v) is 3.79. The van der Waals surface area contributed by atoms with Crippen molar-refractivity contribution >= 4 is 17.3 Å². The molecule has 0 radical (unpaired) electrons. The summed E-state index contributed by atoms with van der Waals surface area (Å²) in [6.07, 6.45) is 0.564. The van der Waals surface area contributed by atoms with Gasteiger partial charge in [0.1, 0.15) is 5.82 Å². The zero-order valence-corrected chi connectivity index (χ0v) is 11.4. The van der Waals surface area contributed by atoms with E-state index >= 15 is 0 Å². The SMILES string of the molecule is CCC(CC)N(C)c1cc2c(cc1F)C(O)C(=O)N2. The monoisotopic (exact) mass is 266 g/mol. The first-order valence-electron chi connectivity index (χ1n) is 6.54. The van der Waals surface area contributed by atoms with Gasteiger partial charge in [0.25, 0.3) is 5.91 Å². The number of amides is 1. The second-order valence-corrected chi connectivity index (χ2v) is 4.86. The fraction of sp³-hybridized carbons (Fsp3) is 0.500. The quantitative estimate of drug-likeness (QED) is 0.880. The van der Waals surface area contributed by atoms with Gasteiger partial charge in [-0.15, -0.1) is 0 Å². The number of anilines is 2. The number of halogens is 1. The van der Waals surface area contributed by atoms with Crippen molar-refractivity contribution in [2.24, 2.45) is 0 Å². The smallest absolute Gasteiger partial charge is 0.257 e. The lowest BCUT2D eigenvalue weighted by Crippen LogP contribution is -2.31. The molecule has 5 heteroatoms. The first-order valence-corrected chi connectivity index (χ1v) is 6.54. The molecule has 0 spiro atoms. The van der Waals surface area contributed by atoms with Crippen molar-refractivity contribution in [3.63, 3.8) is 0 Å². The Morgan fingerprint density at radius 1 is 1.42 bits per heavy atom. The minimum absolute atomic E-state index is 0.245. The number of nitrogens with one attached hydrogen (secondary N) is 1. The highest BCUT2D eigenvalue weighted by molar-refractivity contribution is 6.02. The van der Waals surface area contributed by atoms with Crippen molar-refractivity contribution in [2.75, 3.05) is 17.3 Å². The van der Waals surface area contributed by atoms with Gasteiger partial charge in [0, 0.05) is 24.3 Å². The molecule has 0 bridgehead atoms. The molecule has 104 valence electrons. The summed E-state index contributed by atoms with van der Waals surface area (Å²) in [4.78, 5) is 13.3. The number of carbonyl (C=O) groups excluding carboxylic acids is 1. The molecule has 0 aliphatic carbocycles. The van der Waals surface area contributed by atoms with E-state index in [1.54, 1.807) is 6.07 Å². The van der Waals surface area contributed by atoms with Crippen LogP contribution < -0.4 is 10.2 Å². The maximum atomic E-state index is 14.1. The predicted octanol–water partition coefficient (Wildman–Crippen LogP) is 2.44. The lowest BCUT2D eigenvalue weighted by molar-refractivity contribution is -0.123. The number of carbonyl (C=O) groups is 1. The van der Waals surface area contributed by atoms with Crippen molar-refractivity contribution < 1.29 is 14.3 Å². The Balaban J connectivity index is 2.39. The summed E-state index contributed by atoms with van der Waals surface area (Å²) < 4.78 is 14.1. The zero-order chi connectivity index (χ0) is 14.2. The maximum absolute atomic E-state index is 14.1. The van der Waals surface area contributed by atoms with E-state index in [9.17, 15) is 14.3 Å². The highest BCUT2D eigenvalue weighted by Crippen LogP contribution is 2.36. The number of hydrogen-bond acceptors (Lipinski definition) is 3. The molecule has 1 aromatic carbocycles. The minimum Gasteiger partial charge on any atom is -0.378 e. The van der Waals surface area contributed by atoms with Gasteiger partial charge >= 0.3 is 0 Å². The molecule has 0 fully saturated rings. The number of aliphatic hydroxyl groups is 1. The van der Waals surface area contributed by atoms with Crippen LogP contribution in [-0.2, 0) is 4.79 Å². The molecule has 1 amide bonds. The molecule has 4 nitrogen and oxygen atoms in total. The van der Waals surface area contributed by atoms with Gasteiger partial charge in [-0.1, -0.05) is 13.8 Å². The van der Waals surface area contributed by atoms with Crippen LogP contribution in [0.2, 0.25) is 0 Å². The Morgan fingerprint density at radius 2 is 2.05 bits per heavy atom. The normalized spacial score (nSPS) is 17.6. The zero-order valence-electron chi connectivity index (χ0n) is 11.4. The number of aliphatic hydroxyl groups excluding tert-OH is 1. The van der Waals surface area contributed by atoms with Gasteiger partial charge in [0.2, 0.25) is 0 Å². The van der Waals surface area contributed by atoms with Crippen LogP contribution in [0.5, 0.6) is 0 Å². The third-order valence-electron chi connectivity index (χ3n) is 3.79. The molecule has 1 heterocycles. The molecule has 0 saturated heterocycles. The molecular weight excluding hydrogens is 247 g/mol. The summed E-state index contributed by atoms with van der Waals surface area (Å²) in [6.45, 7) is 4.11. The molecule has 1 atom stereocenters. The summed E-state index contributed by atoms with van der Waals surface area (Å²) in [6, 6.07) is 3.08. The van der Waals surface area contributed by atoms with Crippen molar-refractivity contribution in [3.05, 3.63) is 23.5 Å². The average Bonchev–Trinajstić information content (AvgIpc) is 2.66. The minimum atomic E-state index is -1.27. The molecular formula is C14H19FN2O2. The predicted molar refractivity (Wildman–Crippen MR) is 72.8 cm³/mol. The van der Waals surface area contributed by atoms with Crippen LogP contribution in [-0.4, -0.2) is 24.1 Å². The van der Waals surface area contributed by atoms with E-state index in [2.05, 4.69) is 19.2 Å². The van der Waals surface area contributed by atoms with Crippen molar-refractivity contribution in [3.8, 4) is 0 Å². The van der Waals surface area contributed by atoms with E-state index < -0.39 is 17.8 Å². The molecule has 1 aliphatic rings. The van der Waals surface area contributed by atoms with Crippen molar-refractivity contribution in [2.45, 2.75) is 38.8 Å². The van der Waals surface area contributed by atoms with E-state index in [4.69, 9.17) is 0 Å². The second kappa shape index (κ2) is 5.17. The van der Waals surface area contributed by atoms with E-state index in [0.717, 1.165) is 12.8 Å². The van der Waals surface area contributed by atoms with Crippen LogP contribution >= 0.6 is 0 Å². The van der Waals surface area contributed by atoms with Crippen LogP contribution in [0.25, 0.3) is 0 Å². The van der Waals surface area contributed by atoms with Crippen LogP contribution in [0.3, 0.4) is 0 Å². The summed E-state index contributed by atoms with van der Waals surface area (Å²) in [5, 5.41) is 12.2. The summed E-state index contributed by atoms with van der Waals surface area (Å²) >= 11 is 0. The Morgan fingerprint density at radius 3 is 2.63 bits per heavy atom. The fourth-order valence-electron chi connectivity index (χ4n) is 2.56. The molecule has 2 N–H and O–H groups in total. The van der Waals surface area contributed by atoms with E-state index in [0.29, 0.717) is 16.9 Å². The number of fused-ring (bicyclic) bond motifs is 1. The molecule has 1 aromatic rings. The standard InChI is InChI=1S/C14H19FN2O2/c1-4-8(5-2)17(3)12-7-11-9(6-10(12)15)13(18)14(19)16-11/h6-8,13,18H,4-5H2,1-3H3,(H,16,19). The van der Waals surface area contributed by atoms with E-state index in [-0.39, 0.29) is 6.04 Å². The number of benzene rings is 1. The second-order valence-electron chi connectivity index (χ2n) is 4.86. The number of hydrogen-bond donors (Lipinski definition) is 2. The highest BCUT2D eigenvalue weighted by atomic mass is 19.1. The van der Waals surface area contributed by atoms with Gasteiger partial charge in [-0.2, -0.15) is 0 Å². The summed E-state index contributed by atoms with van der Waals surface area (Å²) in [5.74, 6) is -0.916. The Kier molecular flexibility index (Phi) is 3.75. The lowest BCUT2D eigenvalue weighted by atomic mass is 10.1. The number of rotatable bonds is 4. The average molecular weight is 266 g/mol. The molecule has 1 unspecified atom stereocenters. The van der Waals surface area contributed by atoms with E-state index in [1.807, 2.05) is 11.9 Å². The maximum Gasteiger partial charge on any atom is 0.257 e. The Bertz CT molecular complexity index is 500. The van der Waals surface area contributed by atoms with Crippen LogP contribution in [0.15, 0.2) is 12.1 Å². The topological polar surface area (TPSA) is 52.6 Å². The molecule has 1 aliphatic heterocycles. The molecule has 0 saturated carbocycles. The Labute approximate surface area is 112 Å². The molecule has 2 rings (SSSR count). The van der Waals surface area contributed by atoms with Gasteiger partial charge in [-0.25, -0.2) is 4.39 Å². The van der Waals surface area contributed by atoms with E-state index in [1.165, 1.54) is 6.07 Å². The highest BCUT2D eigenvalue weighted by Gasteiger charge is 2.30.